The SMILES string of the molecule is CC(C)c1cccc(-c2cc(F)ccc2C(=O)O)c1. The molecule has 2 rings (SSSR count). The normalized spacial score (nSPS) is 10.7. The van der Waals surface area contributed by atoms with Crippen molar-refractivity contribution in [1.82, 2.24) is 0 Å². The second kappa shape index (κ2) is 5.22. The number of hydrogen-bond donors (Lipinski definition) is 1. The van der Waals surface area contributed by atoms with Gasteiger partial charge in [-0.1, -0.05) is 38.1 Å². The van der Waals surface area contributed by atoms with Crippen molar-refractivity contribution >= 4 is 5.97 Å². The lowest BCUT2D eigenvalue weighted by molar-refractivity contribution is 0.0697. The second-order valence-electron chi connectivity index (χ2n) is 4.78. The maximum Gasteiger partial charge on any atom is 0.336 e. The van der Waals surface area contributed by atoms with Crippen molar-refractivity contribution in [3.63, 3.8) is 0 Å². The first-order valence-corrected chi connectivity index (χ1v) is 6.12. The maximum absolute atomic E-state index is 13.4. The molecule has 0 amide bonds. The monoisotopic (exact) mass is 258 g/mol. The van der Waals surface area contributed by atoms with Crippen LogP contribution in [0, 0.1) is 5.82 Å². The van der Waals surface area contributed by atoms with Gasteiger partial charge >= 0.3 is 5.97 Å². The fourth-order valence-electron chi connectivity index (χ4n) is 2.01. The van der Waals surface area contributed by atoms with Gasteiger partial charge in [0, 0.05) is 0 Å². The van der Waals surface area contributed by atoms with Gasteiger partial charge in [0.25, 0.3) is 0 Å². The third kappa shape index (κ3) is 2.81. The van der Waals surface area contributed by atoms with Crippen LogP contribution in [-0.2, 0) is 0 Å². The zero-order chi connectivity index (χ0) is 14.0. The summed E-state index contributed by atoms with van der Waals surface area (Å²) in [7, 11) is 0. The molecule has 19 heavy (non-hydrogen) atoms. The highest BCUT2D eigenvalue weighted by Gasteiger charge is 2.13. The fraction of sp³-hybridized carbons (Fsp3) is 0.188. The molecule has 0 aliphatic heterocycles. The Morgan fingerprint density at radius 1 is 1.16 bits per heavy atom. The van der Waals surface area contributed by atoms with Crippen LogP contribution >= 0.6 is 0 Å². The Hall–Kier alpha value is -2.16. The Labute approximate surface area is 111 Å². The number of carboxylic acid groups (broad SMARTS) is 1. The van der Waals surface area contributed by atoms with Crippen molar-refractivity contribution in [3.8, 4) is 11.1 Å². The average molecular weight is 258 g/mol. The van der Waals surface area contributed by atoms with Crippen molar-refractivity contribution in [2.75, 3.05) is 0 Å². The van der Waals surface area contributed by atoms with E-state index >= 15 is 0 Å². The number of halogens is 1. The minimum absolute atomic E-state index is 0.113. The zero-order valence-corrected chi connectivity index (χ0v) is 10.9. The van der Waals surface area contributed by atoms with E-state index in [1.807, 2.05) is 18.2 Å². The van der Waals surface area contributed by atoms with Gasteiger partial charge in [0.1, 0.15) is 5.82 Å². The summed E-state index contributed by atoms with van der Waals surface area (Å²) in [6, 6.07) is 11.3. The first-order valence-electron chi connectivity index (χ1n) is 6.12. The quantitative estimate of drug-likeness (QED) is 0.890. The molecule has 0 radical (unpaired) electrons. The largest absolute Gasteiger partial charge is 0.478 e. The van der Waals surface area contributed by atoms with E-state index in [0.717, 1.165) is 11.1 Å². The summed E-state index contributed by atoms with van der Waals surface area (Å²) in [5, 5.41) is 9.17. The van der Waals surface area contributed by atoms with Gasteiger partial charge in [0.15, 0.2) is 0 Å². The lowest BCUT2D eigenvalue weighted by atomic mass is 9.95. The highest BCUT2D eigenvalue weighted by Crippen LogP contribution is 2.27. The number of carboxylic acids is 1. The summed E-state index contributed by atoms with van der Waals surface area (Å²) < 4.78 is 13.4. The van der Waals surface area contributed by atoms with Crippen molar-refractivity contribution in [2.45, 2.75) is 19.8 Å². The van der Waals surface area contributed by atoms with E-state index in [1.54, 1.807) is 6.07 Å². The Morgan fingerprint density at radius 3 is 2.53 bits per heavy atom. The first-order chi connectivity index (χ1) is 8.99. The summed E-state index contributed by atoms with van der Waals surface area (Å²) in [6.45, 7) is 4.12. The molecule has 0 saturated heterocycles. The molecule has 2 nitrogen and oxygen atoms in total. The molecule has 0 bridgehead atoms. The van der Waals surface area contributed by atoms with E-state index in [9.17, 15) is 14.3 Å². The molecule has 0 heterocycles. The zero-order valence-electron chi connectivity index (χ0n) is 10.9. The van der Waals surface area contributed by atoms with Crippen molar-refractivity contribution in [2.24, 2.45) is 0 Å². The molecular weight excluding hydrogens is 243 g/mol. The predicted octanol–water partition coefficient (Wildman–Crippen LogP) is 4.31. The number of rotatable bonds is 3. The number of hydrogen-bond acceptors (Lipinski definition) is 1. The molecular formula is C16H15FO2. The van der Waals surface area contributed by atoms with Gasteiger partial charge in [-0.2, -0.15) is 0 Å². The van der Waals surface area contributed by atoms with Gasteiger partial charge in [0.2, 0.25) is 0 Å². The maximum atomic E-state index is 13.4. The number of benzene rings is 2. The molecule has 2 aromatic carbocycles. The Kier molecular flexibility index (Phi) is 3.65. The molecule has 2 aromatic rings. The molecule has 0 unspecified atom stereocenters. The molecule has 0 saturated carbocycles. The van der Waals surface area contributed by atoms with E-state index < -0.39 is 11.8 Å². The van der Waals surface area contributed by atoms with Crippen LogP contribution < -0.4 is 0 Å². The summed E-state index contributed by atoms with van der Waals surface area (Å²) in [6.07, 6.45) is 0. The van der Waals surface area contributed by atoms with Crippen LogP contribution in [0.1, 0.15) is 35.7 Å². The molecule has 0 aliphatic rings. The van der Waals surface area contributed by atoms with Crippen LogP contribution in [0.25, 0.3) is 11.1 Å². The molecule has 0 atom stereocenters. The van der Waals surface area contributed by atoms with Gasteiger partial charge in [-0.15, -0.1) is 0 Å². The smallest absolute Gasteiger partial charge is 0.336 e. The molecule has 0 aromatic heterocycles. The minimum Gasteiger partial charge on any atom is -0.478 e. The molecule has 0 spiro atoms. The van der Waals surface area contributed by atoms with Gasteiger partial charge in [0.05, 0.1) is 5.56 Å². The summed E-state index contributed by atoms with van der Waals surface area (Å²) in [4.78, 5) is 11.2. The Balaban J connectivity index is 2.60. The van der Waals surface area contributed by atoms with E-state index in [4.69, 9.17) is 0 Å². The van der Waals surface area contributed by atoms with Gasteiger partial charge in [-0.25, -0.2) is 9.18 Å². The van der Waals surface area contributed by atoms with Crippen LogP contribution in [0.2, 0.25) is 0 Å². The van der Waals surface area contributed by atoms with Crippen LogP contribution in [0.4, 0.5) is 4.39 Å². The van der Waals surface area contributed by atoms with Crippen LogP contribution in [0.3, 0.4) is 0 Å². The standard InChI is InChI=1S/C16H15FO2/c1-10(2)11-4-3-5-12(8-11)15-9-13(17)6-7-14(15)16(18)19/h3-10H,1-2H3,(H,18,19). The topological polar surface area (TPSA) is 37.3 Å². The average Bonchev–Trinajstić information content (AvgIpc) is 2.38. The second-order valence-corrected chi connectivity index (χ2v) is 4.78. The van der Waals surface area contributed by atoms with Gasteiger partial charge in [-0.3, -0.25) is 0 Å². The van der Waals surface area contributed by atoms with Crippen molar-refractivity contribution < 1.29 is 14.3 Å². The van der Waals surface area contributed by atoms with Crippen molar-refractivity contribution in [3.05, 3.63) is 59.4 Å². The summed E-state index contributed by atoms with van der Waals surface area (Å²) >= 11 is 0. The minimum atomic E-state index is -1.05. The number of aromatic carboxylic acids is 1. The summed E-state index contributed by atoms with van der Waals surface area (Å²) in [5.41, 5.74) is 2.35. The third-order valence-electron chi connectivity index (χ3n) is 3.08. The lowest BCUT2D eigenvalue weighted by Gasteiger charge is -2.10. The molecule has 1 N–H and O–H groups in total. The molecule has 3 heteroatoms. The molecule has 0 fully saturated rings. The molecule has 0 aliphatic carbocycles. The summed E-state index contributed by atoms with van der Waals surface area (Å²) in [5.74, 6) is -1.15. The van der Waals surface area contributed by atoms with E-state index in [0.29, 0.717) is 11.5 Å². The van der Waals surface area contributed by atoms with Crippen molar-refractivity contribution in [1.29, 1.82) is 0 Å². The lowest BCUT2D eigenvalue weighted by Crippen LogP contribution is -2.00. The Bertz CT molecular complexity index is 618. The number of carbonyl (C=O) groups is 1. The highest BCUT2D eigenvalue weighted by molar-refractivity contribution is 5.96. The fourth-order valence-corrected chi connectivity index (χ4v) is 2.01. The van der Waals surface area contributed by atoms with Gasteiger partial charge in [-0.05, 0) is 40.8 Å². The van der Waals surface area contributed by atoms with Crippen LogP contribution in [0.15, 0.2) is 42.5 Å². The van der Waals surface area contributed by atoms with E-state index in [-0.39, 0.29) is 5.56 Å². The third-order valence-corrected chi connectivity index (χ3v) is 3.08. The van der Waals surface area contributed by atoms with Crippen LogP contribution in [-0.4, -0.2) is 11.1 Å². The Morgan fingerprint density at radius 2 is 1.89 bits per heavy atom. The predicted molar refractivity (Wildman–Crippen MR) is 72.9 cm³/mol. The highest BCUT2D eigenvalue weighted by atomic mass is 19.1. The van der Waals surface area contributed by atoms with Gasteiger partial charge < -0.3 is 5.11 Å². The van der Waals surface area contributed by atoms with E-state index in [1.165, 1.54) is 18.2 Å². The molecule has 98 valence electrons. The first kappa shape index (κ1) is 13.3. The van der Waals surface area contributed by atoms with E-state index in [2.05, 4.69) is 13.8 Å². The van der Waals surface area contributed by atoms with Crippen LogP contribution in [0.5, 0.6) is 0 Å².